The van der Waals surface area contributed by atoms with Crippen LogP contribution in [0.5, 0.6) is 0 Å². The molecule has 5 heteroatoms. The first-order chi connectivity index (χ1) is 19.3. The molecule has 0 saturated heterocycles. The van der Waals surface area contributed by atoms with Gasteiger partial charge < -0.3 is 14.2 Å². The van der Waals surface area contributed by atoms with E-state index in [4.69, 9.17) is 37.4 Å². The van der Waals surface area contributed by atoms with Gasteiger partial charge in [-0.3, -0.25) is 0 Å². The normalized spacial score (nSPS) is 13.6. The van der Waals surface area contributed by atoms with Crippen molar-refractivity contribution < 1.29 is 14.2 Å². The fourth-order valence-corrected chi connectivity index (χ4v) is 5.02. The van der Waals surface area contributed by atoms with E-state index in [1.807, 2.05) is 0 Å². The Kier molecular flexibility index (Phi) is 34.1. The zero-order valence-electron chi connectivity index (χ0n) is 25.8. The smallest absolute Gasteiger partial charge is 0.149 e. The molecule has 232 valence electrons. The molecule has 0 radical (unpaired) electrons. The molecule has 0 spiro atoms. The Morgan fingerprint density at radius 1 is 0.462 bits per heavy atom. The summed E-state index contributed by atoms with van der Waals surface area (Å²) in [4.78, 5) is 0. The molecule has 0 rings (SSSR count). The lowest BCUT2D eigenvalue weighted by Gasteiger charge is -2.20. The molecule has 2 atom stereocenters. The van der Waals surface area contributed by atoms with E-state index in [1.165, 1.54) is 89.9 Å². The Bertz CT molecular complexity index is 469. The lowest BCUT2D eigenvalue weighted by molar-refractivity contribution is -0.167. The van der Waals surface area contributed by atoms with E-state index in [-0.39, 0.29) is 12.2 Å². The minimum Gasteiger partial charge on any atom is -0.352 e. The van der Waals surface area contributed by atoms with E-state index < -0.39 is 0 Å². The minimum absolute atomic E-state index is 0.247. The molecule has 0 N–H and O–H groups in total. The highest BCUT2D eigenvalue weighted by atomic mass is 35.5. The van der Waals surface area contributed by atoms with Gasteiger partial charge in [0.2, 0.25) is 0 Å². The molecule has 0 aromatic heterocycles. The summed E-state index contributed by atoms with van der Waals surface area (Å²) in [7, 11) is 0. The maximum Gasteiger partial charge on any atom is 0.149 e. The maximum atomic E-state index is 6.16. The Balaban J connectivity index is 4.35. The van der Waals surface area contributed by atoms with Crippen molar-refractivity contribution in [1.29, 1.82) is 0 Å². The van der Waals surface area contributed by atoms with Gasteiger partial charge in [-0.25, -0.2) is 0 Å². The third-order valence-electron chi connectivity index (χ3n) is 7.23. The van der Waals surface area contributed by atoms with Crippen molar-refractivity contribution in [3.8, 4) is 0 Å². The highest BCUT2D eigenvalue weighted by Crippen LogP contribution is 2.17. The molecule has 0 aliphatic carbocycles. The fraction of sp³-hybridized carbons (Fsp3) is 0.882. The van der Waals surface area contributed by atoms with Gasteiger partial charge in [0.1, 0.15) is 13.6 Å². The molecule has 39 heavy (non-hydrogen) atoms. The number of allylic oxidation sites excluding steroid dienone is 4. The number of ether oxygens (including phenoxy) is 3. The molecule has 0 aromatic carbocycles. The lowest BCUT2D eigenvalue weighted by atomic mass is 10.0. The Morgan fingerprint density at radius 2 is 0.821 bits per heavy atom. The average molecular weight is 592 g/mol. The lowest BCUT2D eigenvalue weighted by Crippen LogP contribution is -2.19. The van der Waals surface area contributed by atoms with Crippen LogP contribution in [0, 0.1) is 0 Å². The predicted octanol–water partition coefficient (Wildman–Crippen LogP) is 11.9. The second kappa shape index (κ2) is 34.1. The number of rotatable bonds is 32. The molecule has 0 aliphatic heterocycles. The van der Waals surface area contributed by atoms with Gasteiger partial charge >= 0.3 is 0 Å². The van der Waals surface area contributed by atoms with Gasteiger partial charge in [-0.15, -0.1) is 23.2 Å². The van der Waals surface area contributed by atoms with Crippen LogP contribution in [0.1, 0.15) is 155 Å². The first-order valence-electron chi connectivity index (χ1n) is 16.5. The monoisotopic (exact) mass is 590 g/mol. The van der Waals surface area contributed by atoms with Crippen molar-refractivity contribution in [2.24, 2.45) is 0 Å². The summed E-state index contributed by atoms with van der Waals surface area (Å²) in [6.07, 6.45) is 36.1. The van der Waals surface area contributed by atoms with E-state index in [0.29, 0.717) is 25.3 Å². The SMILES string of the molecule is CCCCCCCCCC(CC/C=C/CCCl)OCOCOC(CC/C=C/CCCl)CCCCCCCCC. The zero-order chi connectivity index (χ0) is 28.5. The van der Waals surface area contributed by atoms with Gasteiger partial charge in [0, 0.05) is 11.8 Å². The van der Waals surface area contributed by atoms with E-state index >= 15 is 0 Å². The van der Waals surface area contributed by atoms with Crippen LogP contribution in [-0.2, 0) is 14.2 Å². The van der Waals surface area contributed by atoms with Crippen LogP contribution in [0.3, 0.4) is 0 Å². The van der Waals surface area contributed by atoms with Gasteiger partial charge in [0.25, 0.3) is 0 Å². The molecule has 0 fully saturated rings. The van der Waals surface area contributed by atoms with Crippen LogP contribution in [0.4, 0.5) is 0 Å². The van der Waals surface area contributed by atoms with Crippen molar-refractivity contribution in [3.05, 3.63) is 24.3 Å². The third kappa shape index (κ3) is 30.7. The van der Waals surface area contributed by atoms with E-state index in [9.17, 15) is 0 Å². The molecule has 0 heterocycles. The van der Waals surface area contributed by atoms with E-state index in [1.54, 1.807) is 0 Å². The number of unbranched alkanes of at least 4 members (excludes halogenated alkanes) is 12. The molecule has 0 bridgehead atoms. The van der Waals surface area contributed by atoms with Crippen LogP contribution in [-0.4, -0.2) is 37.6 Å². The summed E-state index contributed by atoms with van der Waals surface area (Å²) >= 11 is 11.6. The first kappa shape index (κ1) is 38.9. The summed E-state index contributed by atoms with van der Waals surface area (Å²) in [6, 6.07) is 0. The maximum absolute atomic E-state index is 6.16. The standard InChI is InChI=1S/C34H64Cl2O3/c1-3-5-7-9-11-13-19-25-33(27-21-15-17-23-29-35)38-31-37-32-39-34(28-22-16-18-24-30-36)26-20-14-12-10-8-6-4-2/h15-18,33-34H,3-14,19-32H2,1-2H3/b17-15+,18-16+. The molecular formula is C34H64Cl2O3. The fourth-order valence-electron chi connectivity index (χ4n) is 4.76. The minimum atomic E-state index is 0.247. The Hall–Kier alpha value is -0.0600. The molecule has 0 amide bonds. The van der Waals surface area contributed by atoms with Crippen LogP contribution < -0.4 is 0 Å². The zero-order valence-corrected chi connectivity index (χ0v) is 27.3. The van der Waals surface area contributed by atoms with Gasteiger partial charge in [-0.1, -0.05) is 128 Å². The summed E-state index contributed by atoms with van der Waals surface area (Å²) in [6.45, 7) is 5.17. The number of hydrogen-bond donors (Lipinski definition) is 0. The molecule has 2 unspecified atom stereocenters. The second-order valence-corrected chi connectivity index (χ2v) is 11.6. The van der Waals surface area contributed by atoms with Gasteiger partial charge in [0.15, 0.2) is 0 Å². The van der Waals surface area contributed by atoms with Crippen molar-refractivity contribution in [3.63, 3.8) is 0 Å². The summed E-state index contributed by atoms with van der Waals surface area (Å²) in [5.41, 5.74) is 0. The topological polar surface area (TPSA) is 27.7 Å². The summed E-state index contributed by atoms with van der Waals surface area (Å²) in [5.74, 6) is 1.37. The molecule has 0 saturated carbocycles. The van der Waals surface area contributed by atoms with Gasteiger partial charge in [-0.2, -0.15) is 0 Å². The average Bonchev–Trinajstić information content (AvgIpc) is 2.94. The highest BCUT2D eigenvalue weighted by Gasteiger charge is 2.11. The number of halogens is 2. The predicted molar refractivity (Wildman–Crippen MR) is 173 cm³/mol. The Morgan fingerprint density at radius 3 is 1.21 bits per heavy atom. The molecule has 0 aliphatic rings. The first-order valence-corrected chi connectivity index (χ1v) is 17.6. The molecule has 3 nitrogen and oxygen atoms in total. The number of hydrogen-bond acceptors (Lipinski definition) is 3. The number of alkyl halides is 2. The molecular weight excluding hydrogens is 527 g/mol. The van der Waals surface area contributed by atoms with Crippen LogP contribution >= 0.6 is 23.2 Å². The summed E-state index contributed by atoms with van der Waals surface area (Å²) < 4.78 is 18.1. The second-order valence-electron chi connectivity index (χ2n) is 10.9. The third-order valence-corrected chi connectivity index (χ3v) is 7.67. The summed E-state index contributed by atoms with van der Waals surface area (Å²) in [5, 5.41) is 0. The van der Waals surface area contributed by atoms with Crippen LogP contribution in [0.2, 0.25) is 0 Å². The van der Waals surface area contributed by atoms with Gasteiger partial charge in [-0.05, 0) is 51.4 Å². The van der Waals surface area contributed by atoms with Crippen molar-refractivity contribution >= 4 is 23.2 Å². The van der Waals surface area contributed by atoms with Crippen molar-refractivity contribution in [2.75, 3.05) is 25.3 Å². The van der Waals surface area contributed by atoms with E-state index in [2.05, 4.69) is 38.2 Å². The van der Waals surface area contributed by atoms with Gasteiger partial charge in [0.05, 0.1) is 12.2 Å². The Labute approximate surface area is 253 Å². The van der Waals surface area contributed by atoms with Crippen LogP contribution in [0.15, 0.2) is 24.3 Å². The van der Waals surface area contributed by atoms with Crippen molar-refractivity contribution in [1.82, 2.24) is 0 Å². The largest absolute Gasteiger partial charge is 0.352 e. The van der Waals surface area contributed by atoms with E-state index in [0.717, 1.165) is 51.4 Å². The highest BCUT2D eigenvalue weighted by molar-refractivity contribution is 6.18. The molecule has 0 aromatic rings. The van der Waals surface area contributed by atoms with Crippen LogP contribution in [0.25, 0.3) is 0 Å². The quantitative estimate of drug-likeness (QED) is 0.0337. The van der Waals surface area contributed by atoms with Crippen molar-refractivity contribution in [2.45, 2.75) is 167 Å².